The summed E-state index contributed by atoms with van der Waals surface area (Å²) in [4.78, 5) is 43.9. The largest absolute Gasteiger partial charge is 0.348 e. The molecule has 0 saturated heterocycles. The van der Waals surface area contributed by atoms with Crippen molar-refractivity contribution in [2.75, 3.05) is 31.1 Å². The minimum Gasteiger partial charge on any atom is -0.348 e. The fraction of sp³-hybridized carbons (Fsp3) is 0.387. The molecule has 4 aromatic carbocycles. The second kappa shape index (κ2) is 30.8. The molecule has 2 atom stereocenters. The van der Waals surface area contributed by atoms with Gasteiger partial charge in [-0.05, 0) is 97.0 Å². The van der Waals surface area contributed by atoms with E-state index < -0.39 is 35.7 Å². The van der Waals surface area contributed by atoms with E-state index in [1.165, 1.54) is 72.1 Å². The quantitative estimate of drug-likeness (QED) is 0.0728. The van der Waals surface area contributed by atoms with Crippen molar-refractivity contribution in [2.45, 2.75) is 130 Å². The molecule has 2 aliphatic heterocycles. The van der Waals surface area contributed by atoms with E-state index in [2.05, 4.69) is 75.1 Å². The van der Waals surface area contributed by atoms with Gasteiger partial charge in [0.05, 0.1) is 73.9 Å². The number of sulfonamides is 1. The molecule has 0 saturated carbocycles. The predicted molar refractivity (Wildman–Crippen MR) is 324 cm³/mol. The van der Waals surface area contributed by atoms with Gasteiger partial charge in [0, 0.05) is 38.6 Å². The number of pyridine rings is 2. The molecular formula is C62H79N9O8S3. The Morgan fingerprint density at radius 2 is 1.04 bits per heavy atom. The lowest BCUT2D eigenvalue weighted by atomic mass is 10.0. The zero-order valence-electron chi connectivity index (χ0n) is 47.9. The molecule has 0 fully saturated rings. The minimum atomic E-state index is -3.87. The Morgan fingerprint density at radius 1 is 0.622 bits per heavy atom. The third kappa shape index (κ3) is 17.7. The summed E-state index contributed by atoms with van der Waals surface area (Å²) in [6.07, 6.45) is 3.06. The first kappa shape index (κ1) is 67.3. The molecule has 0 aliphatic carbocycles. The van der Waals surface area contributed by atoms with Crippen LogP contribution in [0, 0.1) is 31.9 Å². The molecule has 4 heterocycles. The molecule has 3 N–H and O–H groups in total. The summed E-state index contributed by atoms with van der Waals surface area (Å²) in [6, 6.07) is 29.6. The average molecular weight is 1170 g/mol. The summed E-state index contributed by atoms with van der Waals surface area (Å²) in [7, 11) is -10.4. The summed E-state index contributed by atoms with van der Waals surface area (Å²) in [5, 5.41) is 9.09. The lowest BCUT2D eigenvalue weighted by Crippen LogP contribution is -2.32. The van der Waals surface area contributed by atoms with Gasteiger partial charge in [0.15, 0.2) is 31.0 Å². The van der Waals surface area contributed by atoms with Crippen LogP contribution < -0.4 is 16.0 Å². The standard InChI is InChI=1S/C27H28N4O5S2.C20H25N3O3S.C8H7N.C6H15N.CH4/c1-5-37(33,34)23-10-6-19(7-11-23)15-30-27(32)20-14-21-17-31(26(18(2)3)25(21)29-16-20)38(35,36)24-12-8-22(28-4)9-13-24;1-4-27(25,26)17-7-5-14(6-8-17)10-23-20(24)16-9-15-11-21-18(13(2)3)19(15)22-12-16;1-7-3-5-8(9-2)6-4-7;1-4-7(5-2)6-3;/h6-14,16,18,26H,5,15,17H2,1-3H3,(H,30,32);5-9,12-13,18,21H,4,10-11H2,1-3H3,(H,23,24);3-6H,1H3;4-6H2,1-3H3;1H4/t26-;18-;;;/m00.../s1. The predicted octanol–water partition coefficient (Wildman–Crippen LogP) is 11.4. The van der Waals surface area contributed by atoms with Crippen LogP contribution in [-0.4, -0.2) is 87.4 Å². The Balaban J connectivity index is 0.000000283. The summed E-state index contributed by atoms with van der Waals surface area (Å²) >= 11 is 0. The van der Waals surface area contributed by atoms with Gasteiger partial charge in [-0.1, -0.05) is 148 Å². The summed E-state index contributed by atoms with van der Waals surface area (Å²) in [6.45, 7) is 38.5. The van der Waals surface area contributed by atoms with E-state index >= 15 is 0 Å². The van der Waals surface area contributed by atoms with Crippen molar-refractivity contribution in [1.29, 1.82) is 0 Å². The first-order valence-corrected chi connectivity index (χ1v) is 31.8. The molecule has 20 heteroatoms. The average Bonchev–Trinajstić information content (AvgIpc) is 3.49. The molecule has 0 radical (unpaired) electrons. The molecule has 2 aromatic heterocycles. The smallest absolute Gasteiger partial charge is 0.253 e. The first-order valence-electron chi connectivity index (χ1n) is 27.0. The van der Waals surface area contributed by atoms with Crippen molar-refractivity contribution >= 4 is 52.9 Å². The maximum atomic E-state index is 13.5. The number of hydrogen-bond acceptors (Lipinski definition) is 12. The first-order chi connectivity index (χ1) is 38.5. The number of carbonyl (C=O) groups is 2. The van der Waals surface area contributed by atoms with Crippen LogP contribution in [0.3, 0.4) is 0 Å². The Morgan fingerprint density at radius 3 is 1.43 bits per heavy atom. The summed E-state index contributed by atoms with van der Waals surface area (Å²) < 4.78 is 76.1. The van der Waals surface area contributed by atoms with Gasteiger partial charge in [0.25, 0.3) is 11.8 Å². The summed E-state index contributed by atoms with van der Waals surface area (Å²) in [5.41, 5.74) is 8.04. The van der Waals surface area contributed by atoms with Crippen molar-refractivity contribution in [3.05, 3.63) is 195 Å². The topological polar surface area (TPSA) is 214 Å². The third-order valence-electron chi connectivity index (χ3n) is 13.9. The number of carbonyl (C=O) groups excluding carboxylic acids is 2. The van der Waals surface area contributed by atoms with Crippen molar-refractivity contribution in [1.82, 2.24) is 35.1 Å². The highest BCUT2D eigenvalue weighted by atomic mass is 32.2. The Labute approximate surface area is 487 Å². The van der Waals surface area contributed by atoms with Gasteiger partial charge in [0.1, 0.15) is 0 Å². The summed E-state index contributed by atoms with van der Waals surface area (Å²) in [5.74, 6) is -0.107. The van der Waals surface area contributed by atoms with Crippen molar-refractivity contribution in [3.63, 3.8) is 0 Å². The van der Waals surface area contributed by atoms with Crippen LogP contribution in [-0.2, 0) is 55.9 Å². The van der Waals surface area contributed by atoms with Crippen LogP contribution in [0.4, 0.5) is 11.4 Å². The van der Waals surface area contributed by atoms with Crippen molar-refractivity contribution in [2.24, 2.45) is 11.8 Å². The van der Waals surface area contributed by atoms with E-state index in [-0.39, 0.29) is 65.6 Å². The second-order valence-electron chi connectivity index (χ2n) is 20.0. The van der Waals surface area contributed by atoms with E-state index in [1.807, 2.05) is 51.1 Å². The highest BCUT2D eigenvalue weighted by Crippen LogP contribution is 2.41. The molecular weight excluding hydrogens is 1090 g/mol. The lowest BCUT2D eigenvalue weighted by molar-refractivity contribution is 0.0942. The highest BCUT2D eigenvalue weighted by Gasteiger charge is 2.42. The number of aryl methyl sites for hydroxylation is 1. The maximum Gasteiger partial charge on any atom is 0.253 e. The van der Waals surface area contributed by atoms with Crippen LogP contribution >= 0.6 is 0 Å². The molecule has 0 spiro atoms. The number of hydrogen-bond donors (Lipinski definition) is 3. The number of nitrogens with zero attached hydrogens (tertiary/aromatic N) is 6. The fourth-order valence-corrected chi connectivity index (χ4v) is 12.4. The zero-order valence-corrected chi connectivity index (χ0v) is 50.3. The van der Waals surface area contributed by atoms with E-state index in [9.17, 15) is 34.8 Å². The molecule has 2 amide bonds. The van der Waals surface area contributed by atoms with Gasteiger partial charge in [-0.3, -0.25) is 19.6 Å². The number of benzene rings is 4. The fourth-order valence-electron chi connectivity index (χ4n) is 8.91. The van der Waals surface area contributed by atoms with Crippen LogP contribution in [0.1, 0.15) is 142 Å². The van der Waals surface area contributed by atoms with Crippen LogP contribution in [0.2, 0.25) is 0 Å². The number of amides is 2. The number of sulfone groups is 2. The minimum absolute atomic E-state index is 0. The van der Waals surface area contributed by atoms with Crippen LogP contribution in [0.25, 0.3) is 9.69 Å². The van der Waals surface area contributed by atoms with Gasteiger partial charge in [-0.2, -0.15) is 4.31 Å². The van der Waals surface area contributed by atoms with E-state index in [0.717, 1.165) is 28.9 Å². The second-order valence-corrected chi connectivity index (χ2v) is 26.5. The van der Waals surface area contributed by atoms with Gasteiger partial charge in [0.2, 0.25) is 10.0 Å². The third-order valence-corrected chi connectivity index (χ3v) is 19.2. The zero-order chi connectivity index (χ0) is 59.7. The molecule has 17 nitrogen and oxygen atoms in total. The number of nitrogens with one attached hydrogen (secondary N) is 3. The number of fused-ring (bicyclic) bond motifs is 2. The van der Waals surface area contributed by atoms with Gasteiger partial charge in [-0.15, -0.1) is 0 Å². The molecule has 0 bridgehead atoms. The van der Waals surface area contributed by atoms with Crippen molar-refractivity contribution in [3.8, 4) is 0 Å². The van der Waals surface area contributed by atoms with Crippen LogP contribution in [0.5, 0.6) is 0 Å². The molecule has 0 unspecified atom stereocenters. The van der Waals surface area contributed by atoms with E-state index in [4.69, 9.17) is 13.1 Å². The Kier molecular flexibility index (Phi) is 25.3. The van der Waals surface area contributed by atoms with Crippen molar-refractivity contribution < 1.29 is 34.8 Å². The van der Waals surface area contributed by atoms with E-state index in [1.54, 1.807) is 62.5 Å². The lowest BCUT2D eigenvalue weighted by Gasteiger charge is -2.27. The number of aromatic nitrogens is 2. The van der Waals surface area contributed by atoms with Gasteiger partial charge in [-0.25, -0.2) is 34.9 Å². The Hall–Kier alpha value is -7.17. The molecule has 82 heavy (non-hydrogen) atoms. The normalized spacial score (nSPS) is 14.5. The Bertz CT molecular complexity index is 3520. The molecule has 438 valence electrons. The van der Waals surface area contributed by atoms with Gasteiger partial charge < -0.3 is 20.9 Å². The van der Waals surface area contributed by atoms with Gasteiger partial charge >= 0.3 is 0 Å². The monoisotopic (exact) mass is 1170 g/mol. The maximum absolute atomic E-state index is 13.5. The SMILES string of the molecule is C.CCN(CC)CC.CCS(=O)(=O)c1ccc(CNC(=O)c2cnc3c(c2)CN[C@H]3C(C)C)cc1.[C-]#[N+]c1ccc(C)cc1.[C-]#[N+]c1ccc(S(=O)(=O)N2Cc3cc(C(=O)NCc4ccc(S(=O)(=O)CC)cc4)cnc3[C@@H]2C(C)C)cc1. The number of rotatable bonds is 17. The van der Waals surface area contributed by atoms with E-state index in [0.29, 0.717) is 51.1 Å². The molecule has 8 rings (SSSR count). The van der Waals surface area contributed by atoms with Crippen LogP contribution in [0.15, 0.2) is 136 Å². The molecule has 6 aromatic rings. The highest BCUT2D eigenvalue weighted by molar-refractivity contribution is 7.91. The molecule has 2 aliphatic rings.